The molecule has 2 aliphatic carbocycles. The van der Waals surface area contributed by atoms with Gasteiger partial charge in [-0.05, 0) is 37.5 Å². The lowest BCUT2D eigenvalue weighted by atomic mass is 9.83. The summed E-state index contributed by atoms with van der Waals surface area (Å²) in [4.78, 5) is 16.8. The van der Waals surface area contributed by atoms with E-state index < -0.39 is 5.97 Å². The van der Waals surface area contributed by atoms with Gasteiger partial charge in [0.1, 0.15) is 5.92 Å². The van der Waals surface area contributed by atoms with E-state index in [9.17, 15) is 9.90 Å². The number of rotatable bonds is 4. The average molecular weight is 294 g/mol. The molecule has 0 saturated heterocycles. The van der Waals surface area contributed by atoms with Crippen molar-refractivity contribution in [3.63, 3.8) is 0 Å². The van der Waals surface area contributed by atoms with Crippen LogP contribution in [0.3, 0.4) is 0 Å². The quantitative estimate of drug-likeness (QED) is 0.892. The minimum atomic E-state index is -0.734. The van der Waals surface area contributed by atoms with Crippen LogP contribution in [-0.2, 0) is 11.2 Å². The summed E-state index contributed by atoms with van der Waals surface area (Å²) in [5.74, 6) is 0.514. The van der Waals surface area contributed by atoms with Gasteiger partial charge in [-0.25, -0.2) is 4.98 Å². The monoisotopic (exact) mass is 294 g/mol. The zero-order valence-electron chi connectivity index (χ0n) is 11.9. The van der Waals surface area contributed by atoms with Crippen molar-refractivity contribution in [3.05, 3.63) is 10.6 Å². The molecule has 5 heteroatoms. The summed E-state index contributed by atoms with van der Waals surface area (Å²) in [6.07, 6.45) is 6.86. The molecule has 2 aliphatic rings. The van der Waals surface area contributed by atoms with Gasteiger partial charge in [0.05, 0.1) is 5.69 Å². The topological polar surface area (TPSA) is 62.2 Å². The van der Waals surface area contributed by atoms with Crippen molar-refractivity contribution in [3.8, 4) is 0 Å². The number of hydrogen-bond donors (Lipinski definition) is 2. The third-order valence-electron chi connectivity index (χ3n) is 4.69. The largest absolute Gasteiger partial charge is 0.481 e. The van der Waals surface area contributed by atoms with Crippen LogP contribution in [0.15, 0.2) is 0 Å². The molecule has 0 aromatic carbocycles. The zero-order chi connectivity index (χ0) is 14.1. The number of aliphatic carboxylic acids is 1. The van der Waals surface area contributed by atoms with Gasteiger partial charge in [-0.2, -0.15) is 0 Å². The van der Waals surface area contributed by atoms with Crippen LogP contribution < -0.4 is 5.32 Å². The van der Waals surface area contributed by atoms with Gasteiger partial charge in [-0.3, -0.25) is 4.79 Å². The molecule has 0 radical (unpaired) electrons. The van der Waals surface area contributed by atoms with Gasteiger partial charge < -0.3 is 10.4 Å². The predicted molar refractivity (Wildman–Crippen MR) is 80.4 cm³/mol. The number of aromatic nitrogens is 1. The minimum absolute atomic E-state index is 0.382. The highest BCUT2D eigenvalue weighted by molar-refractivity contribution is 7.15. The summed E-state index contributed by atoms with van der Waals surface area (Å²) < 4.78 is 0. The Bertz CT molecular complexity index is 492. The van der Waals surface area contributed by atoms with Crippen LogP contribution >= 0.6 is 11.3 Å². The first-order chi connectivity index (χ1) is 9.63. The van der Waals surface area contributed by atoms with E-state index in [-0.39, 0.29) is 5.92 Å². The normalized spacial score (nSPS) is 29.1. The lowest BCUT2D eigenvalue weighted by molar-refractivity contribution is -0.138. The van der Waals surface area contributed by atoms with Gasteiger partial charge in [0, 0.05) is 11.4 Å². The molecule has 1 fully saturated rings. The van der Waals surface area contributed by atoms with Gasteiger partial charge >= 0.3 is 5.97 Å². The van der Waals surface area contributed by atoms with Crippen molar-refractivity contribution in [2.75, 3.05) is 11.9 Å². The SMILES string of the molecule is CC1CCC(CNc2nc3c(s2)CCC3C(=O)O)CC1. The Labute approximate surface area is 123 Å². The van der Waals surface area contributed by atoms with E-state index >= 15 is 0 Å². The standard InChI is InChI=1S/C15H22N2O2S/c1-9-2-4-10(5-3-9)8-16-15-17-13-11(14(18)19)6-7-12(13)20-15/h9-11H,2-8H2,1H3,(H,16,17)(H,18,19). The molecule has 0 spiro atoms. The molecule has 110 valence electrons. The number of carboxylic acid groups (broad SMARTS) is 1. The zero-order valence-corrected chi connectivity index (χ0v) is 12.7. The predicted octanol–water partition coefficient (Wildman–Crippen LogP) is 3.50. The van der Waals surface area contributed by atoms with E-state index in [1.807, 2.05) is 0 Å². The summed E-state index contributed by atoms with van der Waals surface area (Å²) >= 11 is 1.65. The fraction of sp³-hybridized carbons (Fsp3) is 0.733. The fourth-order valence-corrected chi connectivity index (χ4v) is 4.35. The number of anilines is 1. The molecule has 1 unspecified atom stereocenters. The molecular weight excluding hydrogens is 272 g/mol. The molecule has 0 amide bonds. The van der Waals surface area contributed by atoms with E-state index in [0.717, 1.165) is 40.5 Å². The molecule has 1 atom stereocenters. The lowest BCUT2D eigenvalue weighted by Gasteiger charge is -2.26. The smallest absolute Gasteiger partial charge is 0.312 e. The van der Waals surface area contributed by atoms with E-state index in [1.54, 1.807) is 11.3 Å². The maximum atomic E-state index is 11.2. The van der Waals surface area contributed by atoms with Gasteiger partial charge in [-0.15, -0.1) is 11.3 Å². The fourth-order valence-electron chi connectivity index (χ4n) is 3.31. The first-order valence-corrected chi connectivity index (χ1v) is 8.41. The molecule has 4 nitrogen and oxygen atoms in total. The van der Waals surface area contributed by atoms with Crippen molar-refractivity contribution in [2.45, 2.75) is 51.4 Å². The van der Waals surface area contributed by atoms with Crippen LogP contribution in [0.25, 0.3) is 0 Å². The van der Waals surface area contributed by atoms with Gasteiger partial charge in [0.25, 0.3) is 0 Å². The number of aryl methyl sites for hydroxylation is 1. The maximum absolute atomic E-state index is 11.2. The molecule has 1 aromatic rings. The Hall–Kier alpha value is -1.10. The summed E-state index contributed by atoms with van der Waals surface area (Å²) in [7, 11) is 0. The van der Waals surface area contributed by atoms with Crippen molar-refractivity contribution in [1.29, 1.82) is 0 Å². The summed E-state index contributed by atoms with van der Waals surface area (Å²) in [5, 5.41) is 13.5. The number of hydrogen-bond acceptors (Lipinski definition) is 4. The number of nitrogens with zero attached hydrogens (tertiary/aromatic N) is 1. The van der Waals surface area contributed by atoms with Crippen molar-refractivity contribution >= 4 is 22.4 Å². The van der Waals surface area contributed by atoms with Gasteiger partial charge in [-0.1, -0.05) is 19.8 Å². The molecule has 1 aromatic heterocycles. The Morgan fingerprint density at radius 3 is 2.80 bits per heavy atom. The molecule has 1 heterocycles. The number of carbonyl (C=O) groups is 1. The van der Waals surface area contributed by atoms with Crippen LogP contribution in [0.5, 0.6) is 0 Å². The molecule has 3 rings (SSSR count). The summed E-state index contributed by atoms with van der Waals surface area (Å²) in [5.41, 5.74) is 0.808. The first kappa shape index (κ1) is 13.9. The minimum Gasteiger partial charge on any atom is -0.481 e. The van der Waals surface area contributed by atoms with Crippen molar-refractivity contribution in [2.24, 2.45) is 11.8 Å². The molecule has 0 aliphatic heterocycles. The van der Waals surface area contributed by atoms with Gasteiger partial charge in [0.2, 0.25) is 0 Å². The van der Waals surface area contributed by atoms with E-state index in [0.29, 0.717) is 6.42 Å². The van der Waals surface area contributed by atoms with E-state index in [2.05, 4.69) is 17.2 Å². The number of thiazole rings is 1. The molecular formula is C15H22N2O2S. The third kappa shape index (κ3) is 2.82. The number of carboxylic acids is 1. The maximum Gasteiger partial charge on any atom is 0.312 e. The van der Waals surface area contributed by atoms with Crippen LogP contribution in [0.1, 0.15) is 55.5 Å². The van der Waals surface area contributed by atoms with Crippen LogP contribution in [-0.4, -0.2) is 22.6 Å². The van der Waals surface area contributed by atoms with Crippen molar-refractivity contribution < 1.29 is 9.90 Å². The van der Waals surface area contributed by atoms with E-state index in [1.165, 1.54) is 25.7 Å². The second-order valence-corrected chi connectivity index (χ2v) is 7.35. The van der Waals surface area contributed by atoms with Gasteiger partial charge in [0.15, 0.2) is 5.13 Å². The molecule has 2 N–H and O–H groups in total. The Morgan fingerprint density at radius 1 is 1.35 bits per heavy atom. The third-order valence-corrected chi connectivity index (χ3v) is 5.78. The van der Waals surface area contributed by atoms with Crippen molar-refractivity contribution in [1.82, 2.24) is 4.98 Å². The summed E-state index contributed by atoms with van der Waals surface area (Å²) in [6.45, 7) is 3.32. The highest BCUT2D eigenvalue weighted by atomic mass is 32.1. The highest BCUT2D eigenvalue weighted by Gasteiger charge is 2.32. The highest BCUT2D eigenvalue weighted by Crippen LogP contribution is 2.38. The molecule has 0 bridgehead atoms. The lowest BCUT2D eigenvalue weighted by Crippen LogP contribution is -2.20. The summed E-state index contributed by atoms with van der Waals surface area (Å²) in [6, 6.07) is 0. The second-order valence-electron chi connectivity index (χ2n) is 6.26. The van der Waals surface area contributed by atoms with Crippen LogP contribution in [0.4, 0.5) is 5.13 Å². The molecule has 20 heavy (non-hydrogen) atoms. The number of nitrogens with one attached hydrogen (secondary N) is 1. The Balaban J connectivity index is 1.57. The Morgan fingerprint density at radius 2 is 2.10 bits per heavy atom. The average Bonchev–Trinajstić information content (AvgIpc) is 2.97. The van der Waals surface area contributed by atoms with Crippen LogP contribution in [0, 0.1) is 11.8 Å². The van der Waals surface area contributed by atoms with Crippen LogP contribution in [0.2, 0.25) is 0 Å². The molecule has 1 saturated carbocycles. The first-order valence-electron chi connectivity index (χ1n) is 7.59. The Kier molecular flexibility index (Phi) is 3.96. The number of fused-ring (bicyclic) bond motifs is 1. The second kappa shape index (κ2) is 5.72. The van der Waals surface area contributed by atoms with E-state index in [4.69, 9.17) is 0 Å².